The molecule has 3 fully saturated rings. The van der Waals surface area contributed by atoms with E-state index in [1.165, 1.54) is 5.57 Å². The van der Waals surface area contributed by atoms with Crippen molar-refractivity contribution in [1.29, 1.82) is 0 Å². The molecule has 32 heavy (non-hydrogen) atoms. The fourth-order valence-electron chi connectivity index (χ4n) is 6.91. The predicted octanol–water partition coefficient (Wildman–Crippen LogP) is 3.92. The first-order valence-electron chi connectivity index (χ1n) is 11.4. The third kappa shape index (κ3) is 3.87. The molecule has 4 aliphatic rings. The number of aliphatic hydroxyl groups is 1. The van der Waals surface area contributed by atoms with Crippen LogP contribution in [0.5, 0.6) is 0 Å². The molecular formula is C24H31ClO7. The Bertz CT molecular complexity index is 851. The quantitative estimate of drug-likeness (QED) is 0.484. The summed E-state index contributed by atoms with van der Waals surface area (Å²) in [7, 11) is 0. The normalized spacial score (nSPS) is 38.6. The van der Waals surface area contributed by atoms with Gasteiger partial charge in [-0.05, 0) is 68.4 Å². The number of allylic oxidation sites excluding steroid dienone is 4. The molecule has 0 heterocycles. The van der Waals surface area contributed by atoms with Gasteiger partial charge in [0.15, 0.2) is 11.8 Å². The zero-order valence-corrected chi connectivity index (χ0v) is 19.3. The number of rotatable bonds is 5. The molecule has 0 amide bonds. The molecule has 8 heteroatoms. The fraction of sp³-hybridized carbons (Fsp3) is 0.708. The average molecular weight is 467 g/mol. The summed E-state index contributed by atoms with van der Waals surface area (Å²) in [5.74, 6) is 0.564. The maximum absolute atomic E-state index is 12.4. The molecular weight excluding hydrogens is 436 g/mol. The lowest BCUT2D eigenvalue weighted by Gasteiger charge is -2.56. The van der Waals surface area contributed by atoms with Crippen molar-refractivity contribution in [3.8, 4) is 0 Å². The second-order valence-electron chi connectivity index (χ2n) is 9.94. The van der Waals surface area contributed by atoms with Gasteiger partial charge in [-0.15, -0.1) is 0 Å². The highest BCUT2D eigenvalue weighted by Crippen LogP contribution is 2.64. The molecule has 0 aromatic heterocycles. The zero-order chi connectivity index (χ0) is 23.1. The summed E-state index contributed by atoms with van der Waals surface area (Å²) in [4.78, 5) is 36.0. The first-order valence-corrected chi connectivity index (χ1v) is 11.9. The number of alkyl halides is 1. The van der Waals surface area contributed by atoms with E-state index in [9.17, 15) is 19.5 Å². The monoisotopic (exact) mass is 466 g/mol. The predicted molar refractivity (Wildman–Crippen MR) is 116 cm³/mol. The van der Waals surface area contributed by atoms with Crippen molar-refractivity contribution >= 4 is 29.5 Å². The largest absolute Gasteiger partial charge is 0.509 e. The van der Waals surface area contributed by atoms with Crippen molar-refractivity contribution in [3.05, 3.63) is 23.8 Å². The number of aliphatic hydroxyl groups excluding tert-OH is 1. The van der Waals surface area contributed by atoms with Gasteiger partial charge in [-0.25, -0.2) is 9.59 Å². The number of hydrogen-bond donors (Lipinski definition) is 1. The number of ether oxygens (including phenoxy) is 3. The molecule has 0 saturated heterocycles. The Labute approximate surface area is 193 Å². The lowest BCUT2D eigenvalue weighted by molar-refractivity contribution is -0.156. The molecule has 176 valence electrons. The van der Waals surface area contributed by atoms with Crippen LogP contribution in [-0.2, 0) is 23.8 Å². The van der Waals surface area contributed by atoms with Gasteiger partial charge in [0, 0.05) is 10.8 Å². The molecule has 3 saturated carbocycles. The summed E-state index contributed by atoms with van der Waals surface area (Å²) in [5.41, 5.74) is 1.01. The maximum atomic E-state index is 12.4. The number of carbonyl (C=O) groups is 3. The first-order chi connectivity index (χ1) is 15.2. The highest BCUT2D eigenvalue weighted by Gasteiger charge is 2.59. The van der Waals surface area contributed by atoms with Gasteiger partial charge in [-0.2, -0.15) is 0 Å². The molecule has 4 aliphatic carbocycles. The van der Waals surface area contributed by atoms with Crippen molar-refractivity contribution in [2.24, 2.45) is 28.6 Å². The van der Waals surface area contributed by atoms with Crippen LogP contribution in [0.1, 0.15) is 52.4 Å². The Hall–Kier alpha value is -1.86. The van der Waals surface area contributed by atoms with E-state index in [1.807, 2.05) is 6.08 Å². The summed E-state index contributed by atoms with van der Waals surface area (Å²) >= 11 is 5.36. The van der Waals surface area contributed by atoms with Crippen molar-refractivity contribution in [3.63, 3.8) is 0 Å². The van der Waals surface area contributed by atoms with Gasteiger partial charge in [-0.3, -0.25) is 4.79 Å². The average Bonchev–Trinajstić information content (AvgIpc) is 3.08. The van der Waals surface area contributed by atoms with Gasteiger partial charge in [0.2, 0.25) is 6.10 Å². The molecule has 0 aliphatic heterocycles. The highest BCUT2D eigenvalue weighted by atomic mass is 35.5. The molecule has 0 radical (unpaired) electrons. The van der Waals surface area contributed by atoms with Crippen LogP contribution in [0.25, 0.3) is 0 Å². The van der Waals surface area contributed by atoms with Crippen LogP contribution in [0.2, 0.25) is 0 Å². The van der Waals surface area contributed by atoms with Crippen LogP contribution in [0.15, 0.2) is 23.8 Å². The van der Waals surface area contributed by atoms with E-state index in [4.69, 9.17) is 21.1 Å². The van der Waals surface area contributed by atoms with Gasteiger partial charge < -0.3 is 19.3 Å². The van der Waals surface area contributed by atoms with Crippen molar-refractivity contribution in [1.82, 2.24) is 0 Å². The number of carbonyl (C=O) groups excluding carboxylic acids is 3. The van der Waals surface area contributed by atoms with Gasteiger partial charge in [0.25, 0.3) is 0 Å². The molecule has 1 unspecified atom stereocenters. The minimum absolute atomic E-state index is 0.0762. The first kappa shape index (κ1) is 23.3. The Morgan fingerprint density at radius 3 is 2.72 bits per heavy atom. The van der Waals surface area contributed by atoms with Crippen LogP contribution in [0, 0.1) is 28.6 Å². The third-order valence-corrected chi connectivity index (χ3v) is 8.68. The Balaban J connectivity index is 1.45. The van der Waals surface area contributed by atoms with E-state index in [1.54, 1.807) is 6.08 Å². The number of ketones is 1. The lowest BCUT2D eigenvalue weighted by Crippen LogP contribution is -2.51. The molecule has 4 rings (SSSR count). The Morgan fingerprint density at radius 2 is 2.00 bits per heavy atom. The van der Waals surface area contributed by atoms with Crippen molar-refractivity contribution < 1.29 is 33.7 Å². The Morgan fingerprint density at radius 1 is 1.22 bits per heavy atom. The minimum atomic E-state index is -1.45. The highest BCUT2D eigenvalue weighted by molar-refractivity contribution is 6.17. The van der Waals surface area contributed by atoms with E-state index < -0.39 is 30.9 Å². The summed E-state index contributed by atoms with van der Waals surface area (Å²) in [6, 6.07) is -0.391. The minimum Gasteiger partial charge on any atom is -0.447 e. The van der Waals surface area contributed by atoms with Crippen molar-refractivity contribution in [2.75, 3.05) is 12.7 Å². The van der Waals surface area contributed by atoms with Gasteiger partial charge >= 0.3 is 12.1 Å². The summed E-state index contributed by atoms with van der Waals surface area (Å²) in [6.07, 6.45) is 8.50. The van der Waals surface area contributed by atoms with Crippen LogP contribution >= 0.6 is 11.6 Å². The molecule has 0 aromatic rings. The van der Waals surface area contributed by atoms with Crippen LogP contribution in [0.4, 0.5) is 4.79 Å². The van der Waals surface area contributed by atoms with Crippen LogP contribution in [0.3, 0.4) is 0 Å². The topological polar surface area (TPSA) is 99.1 Å². The van der Waals surface area contributed by atoms with E-state index >= 15 is 0 Å². The SMILES string of the molecule is C[C@]12CC[C@H]3[C@@H](CCC4=CC(=O)C=C[C@@]43C)[C@@H]1CC[C@H]2OC(=O)OC(CO)C(=O)OCCl. The number of esters is 1. The molecule has 0 spiro atoms. The lowest BCUT2D eigenvalue weighted by atomic mass is 9.48. The van der Waals surface area contributed by atoms with Gasteiger partial charge in [0.05, 0.1) is 6.61 Å². The second kappa shape index (κ2) is 8.82. The Kier molecular flexibility index (Phi) is 6.43. The maximum Gasteiger partial charge on any atom is 0.509 e. The summed E-state index contributed by atoms with van der Waals surface area (Å²) in [6.45, 7) is 3.75. The summed E-state index contributed by atoms with van der Waals surface area (Å²) < 4.78 is 15.3. The zero-order valence-electron chi connectivity index (χ0n) is 18.6. The number of fused-ring (bicyclic) bond motifs is 5. The standard InChI is InChI=1S/C24H31ClO7/c1-23-9-7-15(27)11-14(23)3-4-16-17-5-6-20(24(17,2)10-8-18(16)23)32-22(29)31-19(12-26)21(28)30-13-25/h7,9,11,16-20,26H,3-6,8,10,12-13H2,1-2H3/t16-,17-,18-,19?,20+,23-,24-/m0/s1. The second-order valence-corrected chi connectivity index (χ2v) is 10.2. The van der Waals surface area contributed by atoms with E-state index in [0.29, 0.717) is 17.8 Å². The van der Waals surface area contributed by atoms with Gasteiger partial charge in [-0.1, -0.05) is 37.1 Å². The third-order valence-electron chi connectivity index (χ3n) is 8.57. The molecule has 0 bridgehead atoms. The molecule has 0 aromatic carbocycles. The van der Waals surface area contributed by atoms with Crippen LogP contribution < -0.4 is 0 Å². The van der Waals surface area contributed by atoms with Gasteiger partial charge in [0.1, 0.15) is 6.10 Å². The number of halogens is 1. The van der Waals surface area contributed by atoms with Crippen LogP contribution in [-0.4, -0.2) is 47.9 Å². The summed E-state index contributed by atoms with van der Waals surface area (Å²) in [5, 5.41) is 9.33. The fourth-order valence-corrected chi connectivity index (χ4v) is 7.02. The van der Waals surface area contributed by atoms with E-state index in [0.717, 1.165) is 38.5 Å². The van der Waals surface area contributed by atoms with E-state index in [2.05, 4.69) is 24.7 Å². The van der Waals surface area contributed by atoms with E-state index in [-0.39, 0.29) is 22.7 Å². The number of hydrogen-bond acceptors (Lipinski definition) is 7. The molecule has 7 nitrogen and oxygen atoms in total. The smallest absolute Gasteiger partial charge is 0.447 e. The van der Waals surface area contributed by atoms with Crippen molar-refractivity contribution in [2.45, 2.75) is 64.6 Å². The molecule has 7 atom stereocenters. The molecule has 1 N–H and O–H groups in total.